The van der Waals surface area contributed by atoms with Crippen LogP contribution in [0.1, 0.15) is 22.8 Å². The van der Waals surface area contributed by atoms with Gasteiger partial charge in [0.05, 0.1) is 6.61 Å². The Labute approximate surface area is 123 Å². The number of nitrogens with two attached hydrogens (primary N) is 1. The van der Waals surface area contributed by atoms with Gasteiger partial charge in [-0.05, 0) is 24.6 Å². The summed E-state index contributed by atoms with van der Waals surface area (Å²) >= 11 is 0. The predicted molar refractivity (Wildman–Crippen MR) is 76.5 cm³/mol. The van der Waals surface area contributed by atoms with Crippen LogP contribution in [0.15, 0.2) is 24.3 Å². The van der Waals surface area contributed by atoms with Crippen molar-refractivity contribution in [2.24, 2.45) is 5.73 Å². The zero-order chi connectivity index (χ0) is 15.8. The number of rotatable bonds is 6. The van der Waals surface area contributed by atoms with Gasteiger partial charge in [-0.1, -0.05) is 12.1 Å². The molecule has 0 radical (unpaired) electrons. The van der Waals surface area contributed by atoms with Gasteiger partial charge in [-0.2, -0.15) is 0 Å². The third-order valence-electron chi connectivity index (χ3n) is 2.69. The van der Waals surface area contributed by atoms with Gasteiger partial charge >= 0.3 is 12.0 Å². The summed E-state index contributed by atoms with van der Waals surface area (Å²) in [4.78, 5) is 35.3. The smallest absolute Gasteiger partial charge is 0.325 e. The molecule has 114 valence electrons. The molecular formula is C14H19N3O4. The monoisotopic (exact) mass is 293 g/mol. The summed E-state index contributed by atoms with van der Waals surface area (Å²) in [6, 6.07) is 6.07. The number of primary amides is 1. The SMILES string of the molecule is CCOC(=O)CN(C)C(=O)c1ccc(CNC(N)=O)cc1. The van der Waals surface area contributed by atoms with Crippen LogP contribution in [-0.4, -0.2) is 43.0 Å². The summed E-state index contributed by atoms with van der Waals surface area (Å²) in [7, 11) is 1.53. The lowest BCUT2D eigenvalue weighted by Gasteiger charge is -2.16. The van der Waals surface area contributed by atoms with Crippen molar-refractivity contribution in [1.82, 2.24) is 10.2 Å². The summed E-state index contributed by atoms with van der Waals surface area (Å²) in [5, 5.41) is 2.46. The molecule has 7 nitrogen and oxygen atoms in total. The van der Waals surface area contributed by atoms with Gasteiger partial charge in [-0.25, -0.2) is 4.79 Å². The Bertz CT molecular complexity index is 513. The Morgan fingerprint density at radius 2 is 1.86 bits per heavy atom. The zero-order valence-corrected chi connectivity index (χ0v) is 12.1. The fourth-order valence-electron chi connectivity index (χ4n) is 1.65. The minimum absolute atomic E-state index is 0.0995. The molecule has 0 atom stereocenters. The lowest BCUT2D eigenvalue weighted by Crippen LogP contribution is -2.33. The van der Waals surface area contributed by atoms with Gasteiger partial charge in [0.2, 0.25) is 0 Å². The first-order valence-corrected chi connectivity index (χ1v) is 6.47. The molecule has 21 heavy (non-hydrogen) atoms. The van der Waals surface area contributed by atoms with E-state index in [0.717, 1.165) is 5.56 Å². The molecule has 7 heteroatoms. The molecule has 0 bridgehead atoms. The summed E-state index contributed by atoms with van der Waals surface area (Å²) < 4.78 is 4.79. The molecular weight excluding hydrogens is 274 g/mol. The second-order valence-electron chi connectivity index (χ2n) is 4.38. The van der Waals surface area contributed by atoms with E-state index in [4.69, 9.17) is 10.5 Å². The molecule has 0 saturated heterocycles. The van der Waals surface area contributed by atoms with E-state index >= 15 is 0 Å². The van der Waals surface area contributed by atoms with E-state index in [2.05, 4.69) is 5.32 Å². The molecule has 1 aromatic carbocycles. The highest BCUT2D eigenvalue weighted by molar-refractivity contribution is 5.95. The number of nitrogens with one attached hydrogen (secondary N) is 1. The van der Waals surface area contributed by atoms with Crippen LogP contribution in [0.25, 0.3) is 0 Å². The van der Waals surface area contributed by atoms with Gasteiger partial charge in [-0.3, -0.25) is 9.59 Å². The Kier molecular flexibility index (Phi) is 6.19. The molecule has 3 N–H and O–H groups in total. The highest BCUT2D eigenvalue weighted by atomic mass is 16.5. The van der Waals surface area contributed by atoms with Crippen LogP contribution in [0.2, 0.25) is 0 Å². The predicted octanol–water partition coefficient (Wildman–Crippen LogP) is 0.490. The topological polar surface area (TPSA) is 102 Å². The van der Waals surface area contributed by atoms with Gasteiger partial charge in [-0.15, -0.1) is 0 Å². The van der Waals surface area contributed by atoms with E-state index in [-0.39, 0.29) is 19.1 Å². The second-order valence-corrected chi connectivity index (χ2v) is 4.38. The van der Waals surface area contributed by atoms with Crippen molar-refractivity contribution >= 4 is 17.9 Å². The van der Waals surface area contributed by atoms with Gasteiger partial charge < -0.3 is 20.7 Å². The Balaban J connectivity index is 2.61. The molecule has 0 unspecified atom stereocenters. The van der Waals surface area contributed by atoms with Crippen molar-refractivity contribution in [2.45, 2.75) is 13.5 Å². The molecule has 1 rings (SSSR count). The average molecular weight is 293 g/mol. The number of amides is 3. The molecule has 0 aliphatic heterocycles. The van der Waals surface area contributed by atoms with E-state index < -0.39 is 12.0 Å². The van der Waals surface area contributed by atoms with Crippen LogP contribution in [-0.2, 0) is 16.1 Å². The van der Waals surface area contributed by atoms with Crippen LogP contribution in [0.4, 0.5) is 4.79 Å². The first-order valence-electron chi connectivity index (χ1n) is 6.47. The summed E-state index contributed by atoms with van der Waals surface area (Å²) in [5.74, 6) is -0.729. The molecule has 0 aliphatic rings. The largest absolute Gasteiger partial charge is 0.465 e. The number of hydrogen-bond donors (Lipinski definition) is 2. The minimum atomic E-state index is -0.607. The van der Waals surface area contributed by atoms with Gasteiger partial charge in [0.1, 0.15) is 6.54 Å². The zero-order valence-electron chi connectivity index (χ0n) is 12.1. The van der Waals surface area contributed by atoms with Gasteiger partial charge in [0.25, 0.3) is 5.91 Å². The Hall–Kier alpha value is -2.57. The summed E-state index contributed by atoms with van der Waals surface area (Å²) in [5.41, 5.74) is 6.24. The maximum atomic E-state index is 12.1. The number of carbonyl (C=O) groups excluding carboxylic acids is 3. The number of urea groups is 1. The number of ether oxygens (including phenoxy) is 1. The molecule has 0 aliphatic carbocycles. The molecule has 1 aromatic rings. The number of nitrogens with zero attached hydrogens (tertiary/aromatic N) is 1. The van der Waals surface area contributed by atoms with Crippen LogP contribution >= 0.6 is 0 Å². The quantitative estimate of drug-likeness (QED) is 0.745. The molecule has 0 fully saturated rings. The Morgan fingerprint density at radius 3 is 2.38 bits per heavy atom. The number of carbonyl (C=O) groups is 3. The van der Waals surface area contributed by atoms with Crippen molar-refractivity contribution in [1.29, 1.82) is 0 Å². The lowest BCUT2D eigenvalue weighted by atomic mass is 10.1. The number of likely N-dealkylation sites (N-methyl/N-ethyl adjacent to an activating group) is 1. The highest BCUT2D eigenvalue weighted by Crippen LogP contribution is 2.07. The first-order chi connectivity index (χ1) is 9.93. The number of hydrogen-bond acceptors (Lipinski definition) is 4. The molecule has 0 aromatic heterocycles. The highest BCUT2D eigenvalue weighted by Gasteiger charge is 2.15. The maximum Gasteiger partial charge on any atom is 0.325 e. The van der Waals surface area contributed by atoms with E-state index in [9.17, 15) is 14.4 Å². The Morgan fingerprint density at radius 1 is 1.24 bits per heavy atom. The van der Waals surface area contributed by atoms with Crippen LogP contribution < -0.4 is 11.1 Å². The second kappa shape index (κ2) is 7.88. The standard InChI is InChI=1S/C14H19N3O4/c1-3-21-12(18)9-17(2)13(19)11-6-4-10(5-7-11)8-16-14(15)20/h4-7H,3,8-9H2,1-2H3,(H3,15,16,20). The third-order valence-corrected chi connectivity index (χ3v) is 2.69. The van der Waals surface area contributed by atoms with E-state index in [0.29, 0.717) is 12.1 Å². The van der Waals surface area contributed by atoms with Gasteiger partial charge in [0.15, 0.2) is 0 Å². The molecule has 0 saturated carbocycles. The number of benzene rings is 1. The summed E-state index contributed by atoms with van der Waals surface area (Å²) in [6.07, 6.45) is 0. The van der Waals surface area contributed by atoms with Crippen molar-refractivity contribution < 1.29 is 19.1 Å². The van der Waals surface area contributed by atoms with Crippen molar-refractivity contribution in [3.8, 4) is 0 Å². The molecule has 0 spiro atoms. The normalized spacial score (nSPS) is 9.81. The van der Waals surface area contributed by atoms with E-state index in [1.54, 1.807) is 31.2 Å². The van der Waals surface area contributed by atoms with Crippen molar-refractivity contribution in [2.75, 3.05) is 20.2 Å². The van der Waals surface area contributed by atoms with Crippen molar-refractivity contribution in [3.05, 3.63) is 35.4 Å². The van der Waals surface area contributed by atoms with Crippen LogP contribution in [0, 0.1) is 0 Å². The molecule has 3 amide bonds. The average Bonchev–Trinajstić information content (AvgIpc) is 2.45. The summed E-state index contributed by atoms with van der Waals surface area (Å²) in [6.45, 7) is 2.18. The van der Waals surface area contributed by atoms with Gasteiger partial charge in [0, 0.05) is 19.2 Å². The number of esters is 1. The fourth-order valence-corrected chi connectivity index (χ4v) is 1.65. The van der Waals surface area contributed by atoms with E-state index in [1.165, 1.54) is 11.9 Å². The first kappa shape index (κ1) is 16.5. The van der Waals surface area contributed by atoms with E-state index in [1.807, 2.05) is 0 Å². The van der Waals surface area contributed by atoms with Crippen LogP contribution in [0.5, 0.6) is 0 Å². The van der Waals surface area contributed by atoms with Crippen LogP contribution in [0.3, 0.4) is 0 Å². The lowest BCUT2D eigenvalue weighted by molar-refractivity contribution is -0.143. The minimum Gasteiger partial charge on any atom is -0.465 e. The fraction of sp³-hybridized carbons (Fsp3) is 0.357. The maximum absolute atomic E-state index is 12.1. The molecule has 0 heterocycles. The third kappa shape index (κ3) is 5.52. The van der Waals surface area contributed by atoms with Crippen molar-refractivity contribution in [3.63, 3.8) is 0 Å².